The zero-order valence-corrected chi connectivity index (χ0v) is 11.9. The Balaban J connectivity index is 1.99. The lowest BCUT2D eigenvalue weighted by Gasteiger charge is -2.26. The van der Waals surface area contributed by atoms with Gasteiger partial charge < -0.3 is 10.6 Å². The Hall–Kier alpha value is -1.37. The Bertz CT molecular complexity index is 461. The van der Waals surface area contributed by atoms with Crippen LogP contribution < -0.4 is 5.73 Å². The molecule has 0 aliphatic carbocycles. The van der Waals surface area contributed by atoms with Crippen LogP contribution in [0.1, 0.15) is 32.3 Å². The summed E-state index contributed by atoms with van der Waals surface area (Å²) in [5.41, 5.74) is 6.72. The van der Waals surface area contributed by atoms with E-state index in [2.05, 4.69) is 24.8 Å². The quantitative estimate of drug-likeness (QED) is 0.901. The second-order valence-electron chi connectivity index (χ2n) is 6.39. The maximum Gasteiger partial charge on any atom is 0.131 e. The van der Waals surface area contributed by atoms with Crippen molar-refractivity contribution < 1.29 is 0 Å². The molecule has 1 unspecified atom stereocenters. The molecular weight excluding hydrogens is 234 g/mol. The molecule has 0 bridgehead atoms. The van der Waals surface area contributed by atoms with E-state index in [9.17, 15) is 5.26 Å². The lowest BCUT2D eigenvalue weighted by atomic mass is 9.89. The molecule has 1 aromatic carbocycles. The molecule has 102 valence electrons. The van der Waals surface area contributed by atoms with Crippen LogP contribution in [0.15, 0.2) is 30.3 Å². The van der Waals surface area contributed by atoms with Crippen molar-refractivity contribution in [2.75, 3.05) is 19.6 Å². The summed E-state index contributed by atoms with van der Waals surface area (Å²) in [7, 11) is 0. The summed E-state index contributed by atoms with van der Waals surface area (Å²) in [5, 5.41) is 9.42. The summed E-state index contributed by atoms with van der Waals surface area (Å²) in [5.74, 6) is 0. The number of hydrogen-bond donors (Lipinski definition) is 1. The minimum Gasteiger partial charge on any atom is -0.310 e. The lowest BCUT2D eigenvalue weighted by Crippen LogP contribution is -2.39. The topological polar surface area (TPSA) is 53.0 Å². The van der Waals surface area contributed by atoms with Gasteiger partial charge in [0.15, 0.2) is 0 Å². The molecular formula is C16H23N3. The van der Waals surface area contributed by atoms with Crippen molar-refractivity contribution in [3.8, 4) is 6.07 Å². The van der Waals surface area contributed by atoms with Crippen LogP contribution >= 0.6 is 0 Å². The van der Waals surface area contributed by atoms with Crippen LogP contribution in [0, 0.1) is 16.7 Å². The Kier molecular flexibility index (Phi) is 3.93. The highest BCUT2D eigenvalue weighted by atomic mass is 15.2. The van der Waals surface area contributed by atoms with Gasteiger partial charge in [0, 0.05) is 13.1 Å². The minimum absolute atomic E-state index is 0.399. The van der Waals surface area contributed by atoms with Crippen LogP contribution in [0.5, 0.6) is 0 Å². The minimum atomic E-state index is -0.867. The summed E-state index contributed by atoms with van der Waals surface area (Å²) in [6.45, 7) is 7.70. The van der Waals surface area contributed by atoms with Crippen LogP contribution in [0.4, 0.5) is 0 Å². The zero-order chi connectivity index (χ0) is 13.9. The van der Waals surface area contributed by atoms with E-state index in [0.717, 1.165) is 25.2 Å². The molecule has 0 radical (unpaired) electrons. The number of rotatable bonds is 4. The van der Waals surface area contributed by atoms with Gasteiger partial charge in [-0.3, -0.25) is 0 Å². The molecule has 1 aliphatic rings. The Morgan fingerprint density at radius 1 is 1.37 bits per heavy atom. The maximum atomic E-state index is 9.42. The Morgan fingerprint density at radius 2 is 2.05 bits per heavy atom. The number of hydrogen-bond acceptors (Lipinski definition) is 3. The van der Waals surface area contributed by atoms with Gasteiger partial charge in [-0.05, 0) is 30.4 Å². The van der Waals surface area contributed by atoms with E-state index < -0.39 is 5.54 Å². The summed E-state index contributed by atoms with van der Waals surface area (Å²) in [6.07, 6.45) is 1.91. The molecule has 2 N–H and O–H groups in total. The Morgan fingerprint density at radius 3 is 2.58 bits per heavy atom. The van der Waals surface area contributed by atoms with E-state index in [1.54, 1.807) is 0 Å². The fraction of sp³-hybridized carbons (Fsp3) is 0.562. The van der Waals surface area contributed by atoms with Gasteiger partial charge in [0.25, 0.3) is 0 Å². The third-order valence-corrected chi connectivity index (χ3v) is 4.07. The molecule has 0 aromatic heterocycles. The highest BCUT2D eigenvalue weighted by Crippen LogP contribution is 2.30. The van der Waals surface area contributed by atoms with Crippen molar-refractivity contribution in [2.24, 2.45) is 11.1 Å². The average Bonchev–Trinajstić information content (AvgIpc) is 2.77. The second-order valence-corrected chi connectivity index (χ2v) is 6.39. The van der Waals surface area contributed by atoms with Gasteiger partial charge in [-0.15, -0.1) is 0 Å². The molecule has 1 heterocycles. The van der Waals surface area contributed by atoms with E-state index in [-0.39, 0.29) is 0 Å². The van der Waals surface area contributed by atoms with Crippen LogP contribution in [0.2, 0.25) is 0 Å². The molecule has 1 saturated heterocycles. The fourth-order valence-electron chi connectivity index (χ4n) is 2.75. The van der Waals surface area contributed by atoms with Crippen LogP contribution in [0.25, 0.3) is 0 Å². The molecule has 2 rings (SSSR count). The van der Waals surface area contributed by atoms with Gasteiger partial charge >= 0.3 is 0 Å². The van der Waals surface area contributed by atoms with Crippen molar-refractivity contribution in [2.45, 2.75) is 32.2 Å². The molecule has 19 heavy (non-hydrogen) atoms. The number of benzene rings is 1. The third kappa shape index (κ3) is 3.34. The molecule has 0 amide bonds. The fourth-order valence-corrected chi connectivity index (χ4v) is 2.75. The van der Waals surface area contributed by atoms with Crippen molar-refractivity contribution in [1.82, 2.24) is 4.90 Å². The first-order valence-corrected chi connectivity index (χ1v) is 6.93. The average molecular weight is 257 g/mol. The number of likely N-dealkylation sites (tertiary alicyclic amines) is 1. The van der Waals surface area contributed by atoms with Gasteiger partial charge in [0.1, 0.15) is 5.54 Å². The first kappa shape index (κ1) is 14.0. The SMILES string of the molecule is CC1(C)CCN(CCC(N)(C#N)c2ccccc2)C1. The monoisotopic (exact) mass is 257 g/mol. The summed E-state index contributed by atoms with van der Waals surface area (Å²) in [6, 6.07) is 12.0. The van der Waals surface area contributed by atoms with Crippen molar-refractivity contribution >= 4 is 0 Å². The van der Waals surface area contributed by atoms with Gasteiger partial charge in [0.2, 0.25) is 0 Å². The predicted molar refractivity (Wildman–Crippen MR) is 77.4 cm³/mol. The smallest absolute Gasteiger partial charge is 0.131 e. The van der Waals surface area contributed by atoms with Gasteiger partial charge in [0.05, 0.1) is 6.07 Å². The largest absolute Gasteiger partial charge is 0.310 e. The lowest BCUT2D eigenvalue weighted by molar-refractivity contribution is 0.270. The molecule has 1 aromatic rings. The van der Waals surface area contributed by atoms with E-state index in [0.29, 0.717) is 11.8 Å². The van der Waals surface area contributed by atoms with Gasteiger partial charge in [-0.1, -0.05) is 44.2 Å². The van der Waals surface area contributed by atoms with E-state index in [1.165, 1.54) is 6.42 Å². The molecule has 1 atom stereocenters. The molecule has 1 aliphatic heterocycles. The molecule has 3 nitrogen and oxygen atoms in total. The van der Waals surface area contributed by atoms with Crippen molar-refractivity contribution in [3.63, 3.8) is 0 Å². The van der Waals surface area contributed by atoms with Crippen molar-refractivity contribution in [3.05, 3.63) is 35.9 Å². The highest BCUT2D eigenvalue weighted by Gasteiger charge is 2.32. The first-order valence-electron chi connectivity index (χ1n) is 6.93. The van der Waals surface area contributed by atoms with E-state index in [4.69, 9.17) is 5.73 Å². The standard InChI is InChI=1S/C16H23N3/c1-15(2)8-10-19(13-15)11-9-16(18,12-17)14-6-4-3-5-7-14/h3-7H,8-11,13,18H2,1-2H3. The summed E-state index contributed by atoms with van der Waals surface area (Å²) >= 11 is 0. The van der Waals surface area contributed by atoms with E-state index in [1.807, 2.05) is 30.3 Å². The van der Waals surface area contributed by atoms with Crippen molar-refractivity contribution in [1.29, 1.82) is 5.26 Å². The molecule has 0 saturated carbocycles. The molecule has 0 spiro atoms. The highest BCUT2D eigenvalue weighted by molar-refractivity contribution is 5.30. The Labute approximate surface area is 116 Å². The summed E-state index contributed by atoms with van der Waals surface area (Å²) < 4.78 is 0. The normalized spacial score (nSPS) is 21.8. The molecule has 3 heteroatoms. The summed E-state index contributed by atoms with van der Waals surface area (Å²) in [4.78, 5) is 2.42. The number of nitrogens with zero attached hydrogens (tertiary/aromatic N) is 2. The predicted octanol–water partition coefficient (Wildman–Crippen LogP) is 2.49. The van der Waals surface area contributed by atoms with Crippen LogP contribution in [-0.4, -0.2) is 24.5 Å². The number of nitrogens with two attached hydrogens (primary N) is 1. The second kappa shape index (κ2) is 5.32. The van der Waals surface area contributed by atoms with Gasteiger partial charge in [-0.25, -0.2) is 0 Å². The van der Waals surface area contributed by atoms with Crippen LogP contribution in [-0.2, 0) is 5.54 Å². The van der Waals surface area contributed by atoms with Gasteiger partial charge in [-0.2, -0.15) is 5.26 Å². The third-order valence-electron chi connectivity index (χ3n) is 4.07. The maximum absolute atomic E-state index is 9.42. The molecule has 1 fully saturated rings. The van der Waals surface area contributed by atoms with Crippen LogP contribution in [0.3, 0.4) is 0 Å². The first-order chi connectivity index (χ1) is 8.95. The number of nitriles is 1. The zero-order valence-electron chi connectivity index (χ0n) is 11.9. The van der Waals surface area contributed by atoms with E-state index >= 15 is 0 Å².